The van der Waals surface area contributed by atoms with Gasteiger partial charge < -0.3 is 23.7 Å². The molecule has 2 aliphatic carbocycles. The minimum absolute atomic E-state index is 0.277. The van der Waals surface area contributed by atoms with Crippen molar-refractivity contribution in [3.8, 4) is 0 Å². The van der Waals surface area contributed by atoms with Gasteiger partial charge in [0.15, 0.2) is 24.0 Å². The van der Waals surface area contributed by atoms with Gasteiger partial charge in [-0.15, -0.1) is 0 Å². The van der Waals surface area contributed by atoms with E-state index in [2.05, 4.69) is 10.5 Å². The van der Waals surface area contributed by atoms with E-state index in [0.717, 1.165) is 64.2 Å². The maximum absolute atomic E-state index is 13.9. The van der Waals surface area contributed by atoms with Crippen LogP contribution >= 0.6 is 0 Å². The van der Waals surface area contributed by atoms with Gasteiger partial charge in [0.05, 0.1) is 6.21 Å². The van der Waals surface area contributed by atoms with Gasteiger partial charge in [0.1, 0.15) is 24.1 Å². The minimum atomic E-state index is -0.979. The van der Waals surface area contributed by atoms with Crippen LogP contribution in [0.1, 0.15) is 69.8 Å². The number of ether oxygens (including phenoxy) is 5. The number of nitrogens with one attached hydrogen (secondary N) is 1. The second-order valence-electron chi connectivity index (χ2n) is 9.99. The molecule has 3 aliphatic heterocycles. The summed E-state index contributed by atoms with van der Waals surface area (Å²) in [5, 5.41) is 3.95. The zero-order chi connectivity index (χ0) is 23.2. The van der Waals surface area contributed by atoms with E-state index in [9.17, 15) is 9.18 Å². The van der Waals surface area contributed by atoms with E-state index in [1.54, 1.807) is 18.2 Å². The van der Waals surface area contributed by atoms with Gasteiger partial charge in [0.2, 0.25) is 0 Å². The maximum Gasteiger partial charge on any atom is 0.272 e. The molecule has 0 radical (unpaired) electrons. The molecule has 8 nitrogen and oxygen atoms in total. The molecule has 34 heavy (non-hydrogen) atoms. The van der Waals surface area contributed by atoms with Crippen LogP contribution in [0.5, 0.6) is 0 Å². The van der Waals surface area contributed by atoms with Gasteiger partial charge in [0, 0.05) is 31.2 Å². The molecule has 1 N–H and O–H groups in total. The monoisotopic (exact) mass is 474 g/mol. The number of carbonyl (C=O) groups excluding carboxylic acids is 1. The average molecular weight is 475 g/mol. The lowest BCUT2D eigenvalue weighted by Gasteiger charge is -2.36. The zero-order valence-corrected chi connectivity index (χ0v) is 19.1. The predicted octanol–water partition coefficient (Wildman–Crippen LogP) is 3.52. The van der Waals surface area contributed by atoms with E-state index in [1.165, 1.54) is 12.3 Å². The quantitative estimate of drug-likeness (QED) is 0.533. The lowest BCUT2D eigenvalue weighted by atomic mass is 9.94. The molecule has 2 spiro atoms. The van der Waals surface area contributed by atoms with Crippen molar-refractivity contribution in [1.82, 2.24) is 5.43 Å². The van der Waals surface area contributed by atoms with Crippen LogP contribution in [0.2, 0.25) is 0 Å². The summed E-state index contributed by atoms with van der Waals surface area (Å²) in [7, 11) is 0. The maximum atomic E-state index is 13.9. The first kappa shape index (κ1) is 22.5. The lowest BCUT2D eigenvalue weighted by molar-refractivity contribution is -0.247. The van der Waals surface area contributed by atoms with Crippen molar-refractivity contribution in [1.29, 1.82) is 0 Å². The summed E-state index contributed by atoms with van der Waals surface area (Å²) >= 11 is 0. The third-order valence-corrected chi connectivity index (χ3v) is 7.65. The fourth-order valence-corrected chi connectivity index (χ4v) is 5.98. The first-order valence-corrected chi connectivity index (χ1v) is 12.5. The van der Waals surface area contributed by atoms with Crippen molar-refractivity contribution < 1.29 is 32.9 Å². The Balaban J connectivity index is 1.22. The molecule has 3 heterocycles. The molecule has 5 fully saturated rings. The molecular weight excluding hydrogens is 443 g/mol. The molecule has 1 aromatic rings. The Bertz CT molecular complexity index is 945. The number of hydrogen-bond donors (Lipinski definition) is 1. The SMILES string of the molecule is O=C(N/N=C\c1ccccc1F)[C@@H]1O[C@@H]2OC3(CCCCC3)O[C@@H]2[C@H]2OC3(CCCCC3)O[C@@H]21. The summed E-state index contributed by atoms with van der Waals surface area (Å²) in [4.78, 5) is 13.2. The number of halogens is 1. The Labute approximate surface area is 198 Å². The topological polar surface area (TPSA) is 87.6 Å². The van der Waals surface area contributed by atoms with E-state index in [1.807, 2.05) is 0 Å². The number of rotatable bonds is 3. The molecular formula is C25H31FN2O6. The summed E-state index contributed by atoms with van der Waals surface area (Å²) in [5.41, 5.74) is 2.77. The van der Waals surface area contributed by atoms with Gasteiger partial charge in [-0.25, -0.2) is 9.82 Å². The fraction of sp³-hybridized carbons (Fsp3) is 0.680. The number of nitrogens with zero attached hydrogens (tertiary/aromatic N) is 1. The van der Waals surface area contributed by atoms with Crippen LogP contribution in [0, 0.1) is 5.82 Å². The highest BCUT2D eigenvalue weighted by atomic mass is 19.1. The van der Waals surface area contributed by atoms with Crippen molar-refractivity contribution in [2.75, 3.05) is 0 Å². The van der Waals surface area contributed by atoms with Gasteiger partial charge >= 0.3 is 0 Å². The van der Waals surface area contributed by atoms with Gasteiger partial charge in [0.25, 0.3) is 5.91 Å². The van der Waals surface area contributed by atoms with Crippen molar-refractivity contribution in [3.05, 3.63) is 35.6 Å². The van der Waals surface area contributed by atoms with Crippen molar-refractivity contribution in [3.63, 3.8) is 0 Å². The molecule has 184 valence electrons. The Morgan fingerprint density at radius 1 is 0.882 bits per heavy atom. The number of amides is 1. The second kappa shape index (κ2) is 8.95. The molecule has 6 rings (SSSR count). The molecule has 0 aromatic heterocycles. The summed E-state index contributed by atoms with van der Waals surface area (Å²) in [6, 6.07) is 6.22. The average Bonchev–Trinajstić information content (AvgIpc) is 3.38. The highest BCUT2D eigenvalue weighted by Gasteiger charge is 2.65. The van der Waals surface area contributed by atoms with E-state index < -0.39 is 54.0 Å². The van der Waals surface area contributed by atoms with Crippen LogP contribution in [0.25, 0.3) is 0 Å². The second-order valence-corrected chi connectivity index (χ2v) is 9.99. The lowest BCUT2D eigenvalue weighted by Crippen LogP contribution is -2.59. The smallest absolute Gasteiger partial charge is 0.272 e. The fourth-order valence-electron chi connectivity index (χ4n) is 5.98. The van der Waals surface area contributed by atoms with Crippen LogP contribution in [0.15, 0.2) is 29.4 Å². The van der Waals surface area contributed by atoms with Crippen molar-refractivity contribution in [2.45, 2.75) is 106 Å². The number of carbonyl (C=O) groups is 1. The molecule has 1 amide bonds. The van der Waals surface area contributed by atoms with Crippen LogP contribution in [0.3, 0.4) is 0 Å². The van der Waals surface area contributed by atoms with Gasteiger partial charge in [-0.05, 0) is 31.7 Å². The van der Waals surface area contributed by atoms with Gasteiger partial charge in [-0.3, -0.25) is 4.79 Å². The molecule has 5 aliphatic rings. The Morgan fingerprint density at radius 2 is 1.50 bits per heavy atom. The van der Waals surface area contributed by atoms with Crippen LogP contribution in [0.4, 0.5) is 4.39 Å². The predicted molar refractivity (Wildman–Crippen MR) is 118 cm³/mol. The normalized spacial score (nSPS) is 36.0. The summed E-state index contributed by atoms with van der Waals surface area (Å²) in [6.45, 7) is 0. The first-order chi connectivity index (χ1) is 16.6. The first-order valence-electron chi connectivity index (χ1n) is 12.5. The molecule has 0 bridgehead atoms. The van der Waals surface area contributed by atoms with Crippen LogP contribution < -0.4 is 5.43 Å². The number of hydrazone groups is 1. The van der Waals surface area contributed by atoms with E-state index in [4.69, 9.17) is 23.7 Å². The van der Waals surface area contributed by atoms with E-state index in [0.29, 0.717) is 0 Å². The Morgan fingerprint density at radius 3 is 2.21 bits per heavy atom. The number of benzene rings is 1. The largest absolute Gasteiger partial charge is 0.341 e. The standard InChI is InChI=1S/C25H31FN2O6/c26-17-10-4-3-9-16(17)15-27-28-22(29)20-18-19(32-24(31-18)11-5-1-6-12-24)21-23(30-20)34-25(33-21)13-7-2-8-14-25/h3-4,9-10,15,18-21,23H,1-2,5-8,11-14H2,(H,28,29)/b27-15-/t18-,19-,20+,21+,23+/m0/s1. The third-order valence-electron chi connectivity index (χ3n) is 7.65. The third kappa shape index (κ3) is 4.07. The molecule has 9 heteroatoms. The van der Waals surface area contributed by atoms with E-state index in [-0.39, 0.29) is 5.56 Å². The van der Waals surface area contributed by atoms with Gasteiger partial charge in [-0.1, -0.05) is 31.0 Å². The minimum Gasteiger partial charge on any atom is -0.341 e. The van der Waals surface area contributed by atoms with Gasteiger partial charge in [-0.2, -0.15) is 5.10 Å². The molecule has 1 aromatic carbocycles. The number of fused-ring (bicyclic) bond motifs is 3. The van der Waals surface area contributed by atoms with E-state index >= 15 is 0 Å². The molecule has 0 unspecified atom stereocenters. The summed E-state index contributed by atoms with van der Waals surface area (Å²) < 4.78 is 45.8. The van der Waals surface area contributed by atoms with Crippen LogP contribution in [-0.2, 0) is 28.5 Å². The van der Waals surface area contributed by atoms with Crippen molar-refractivity contribution in [2.24, 2.45) is 5.10 Å². The van der Waals surface area contributed by atoms with Crippen molar-refractivity contribution >= 4 is 12.1 Å². The molecule has 2 saturated carbocycles. The molecule has 5 atom stereocenters. The Kier molecular flexibility index (Phi) is 5.93. The highest BCUT2D eigenvalue weighted by molar-refractivity contribution is 5.85. The molecule has 3 saturated heterocycles. The Hall–Kier alpha value is -1.91. The zero-order valence-electron chi connectivity index (χ0n) is 19.1. The number of hydrogen-bond acceptors (Lipinski definition) is 7. The highest BCUT2D eigenvalue weighted by Crippen LogP contribution is 2.50. The summed E-state index contributed by atoms with van der Waals surface area (Å²) in [5.74, 6) is -2.30. The van der Waals surface area contributed by atoms with Crippen LogP contribution in [-0.4, -0.2) is 54.4 Å². The summed E-state index contributed by atoms with van der Waals surface area (Å²) in [6.07, 6.45) is 7.59.